The summed E-state index contributed by atoms with van der Waals surface area (Å²) in [5.74, 6) is 1.13. The fraction of sp³-hybridized carbons (Fsp3) is 0. The van der Waals surface area contributed by atoms with Crippen molar-refractivity contribution in [1.82, 2.24) is 19.7 Å². The summed E-state index contributed by atoms with van der Waals surface area (Å²) in [6.07, 6.45) is 2.38. The van der Waals surface area contributed by atoms with E-state index in [1.807, 2.05) is 54.6 Å². The highest BCUT2D eigenvalue weighted by Gasteiger charge is 2.17. The molecular weight excluding hydrogens is 390 g/mol. The minimum absolute atomic E-state index is 0.144. The first-order valence-corrected chi connectivity index (χ1v) is 9.65. The van der Waals surface area contributed by atoms with Crippen molar-refractivity contribution in [3.8, 4) is 22.8 Å². The van der Waals surface area contributed by atoms with Crippen molar-refractivity contribution in [2.75, 3.05) is 5.32 Å². The van der Waals surface area contributed by atoms with Crippen LogP contribution in [0.5, 0.6) is 5.75 Å². The van der Waals surface area contributed by atoms with Gasteiger partial charge in [-0.15, -0.1) is 0 Å². The Morgan fingerprint density at radius 2 is 1.52 bits per heavy atom. The van der Waals surface area contributed by atoms with Gasteiger partial charge in [0.25, 0.3) is 0 Å². The van der Waals surface area contributed by atoms with E-state index in [0.29, 0.717) is 34.0 Å². The van der Waals surface area contributed by atoms with E-state index in [0.717, 1.165) is 17.5 Å². The Bertz CT molecular complexity index is 1380. The topological polar surface area (TPSA) is 92.9 Å². The van der Waals surface area contributed by atoms with E-state index in [4.69, 9.17) is 9.97 Å². The van der Waals surface area contributed by atoms with Crippen LogP contribution in [-0.2, 0) is 0 Å². The number of hydrogen-bond donors (Lipinski definition) is 2. The zero-order valence-corrected chi connectivity index (χ0v) is 16.3. The third-order valence-corrected chi connectivity index (χ3v) is 4.82. The first kappa shape index (κ1) is 18.5. The zero-order valence-electron chi connectivity index (χ0n) is 16.3. The van der Waals surface area contributed by atoms with Gasteiger partial charge in [-0.25, -0.2) is 14.6 Å². The molecule has 0 atom stereocenters. The van der Waals surface area contributed by atoms with Crippen molar-refractivity contribution in [2.24, 2.45) is 0 Å². The van der Waals surface area contributed by atoms with E-state index in [1.54, 1.807) is 35.1 Å². The second-order valence-corrected chi connectivity index (χ2v) is 6.92. The van der Waals surface area contributed by atoms with E-state index in [9.17, 15) is 9.90 Å². The lowest BCUT2D eigenvalue weighted by atomic mass is 10.1. The van der Waals surface area contributed by atoms with Crippen molar-refractivity contribution in [1.29, 1.82) is 0 Å². The molecule has 0 fully saturated rings. The van der Waals surface area contributed by atoms with Gasteiger partial charge >= 0.3 is 0 Å². The molecule has 0 saturated heterocycles. The number of fused-ring (bicyclic) bond motifs is 1. The summed E-state index contributed by atoms with van der Waals surface area (Å²) in [5, 5.41) is 17.5. The number of hydrogen-bond acceptors (Lipinski definition) is 6. The zero-order chi connectivity index (χ0) is 21.2. The molecule has 0 radical (unpaired) electrons. The maximum atomic E-state index is 11.7. The first-order valence-electron chi connectivity index (χ1n) is 9.65. The lowest BCUT2D eigenvalue weighted by Gasteiger charge is -2.12. The number of anilines is 2. The van der Waals surface area contributed by atoms with Crippen molar-refractivity contribution in [3.63, 3.8) is 0 Å². The van der Waals surface area contributed by atoms with Crippen LogP contribution >= 0.6 is 0 Å². The van der Waals surface area contributed by atoms with Crippen molar-refractivity contribution in [3.05, 3.63) is 90.6 Å². The molecule has 150 valence electrons. The summed E-state index contributed by atoms with van der Waals surface area (Å²) in [5.41, 5.74) is 3.93. The Hall–Kier alpha value is -4.52. The number of nitrogens with one attached hydrogen (secondary N) is 1. The Morgan fingerprint density at radius 1 is 0.839 bits per heavy atom. The lowest BCUT2D eigenvalue weighted by molar-refractivity contribution is 0.112. The van der Waals surface area contributed by atoms with Gasteiger partial charge in [0.05, 0.1) is 16.6 Å². The standard InChI is InChI=1S/C24H17N5O2/c30-15-17-14-29(28-22(17)16-10-12-19(31)13-11-16)24-23(25-18-6-2-1-3-7-18)26-20-8-4-5-9-21(20)27-24/h1-15,31H,(H,25,26). The number of aromatic hydroxyl groups is 1. The molecule has 7 nitrogen and oxygen atoms in total. The third kappa shape index (κ3) is 3.60. The highest BCUT2D eigenvalue weighted by molar-refractivity contribution is 5.86. The molecule has 5 aromatic rings. The number of phenols is 1. The predicted molar refractivity (Wildman–Crippen MR) is 119 cm³/mol. The number of aldehydes is 1. The van der Waals surface area contributed by atoms with Crippen LogP contribution in [0.15, 0.2) is 85.1 Å². The molecular formula is C24H17N5O2. The summed E-state index contributed by atoms with van der Waals surface area (Å²) in [4.78, 5) is 21.2. The summed E-state index contributed by atoms with van der Waals surface area (Å²) in [7, 11) is 0. The van der Waals surface area contributed by atoms with Crippen LogP contribution in [0.1, 0.15) is 10.4 Å². The Morgan fingerprint density at radius 3 is 2.23 bits per heavy atom. The van der Waals surface area contributed by atoms with Crippen LogP contribution in [0.4, 0.5) is 11.5 Å². The number of nitrogens with zero attached hydrogens (tertiary/aromatic N) is 4. The molecule has 7 heteroatoms. The number of carbonyl (C=O) groups is 1. The number of carbonyl (C=O) groups excluding carboxylic acids is 1. The molecule has 0 amide bonds. The van der Waals surface area contributed by atoms with E-state index in [1.165, 1.54) is 0 Å². The molecule has 0 spiro atoms. The van der Waals surface area contributed by atoms with Gasteiger partial charge in [-0.2, -0.15) is 5.10 Å². The normalized spacial score (nSPS) is 10.8. The van der Waals surface area contributed by atoms with Gasteiger partial charge in [0.15, 0.2) is 17.9 Å². The average molecular weight is 407 g/mol. The van der Waals surface area contributed by atoms with Gasteiger partial charge in [0, 0.05) is 17.4 Å². The quantitative estimate of drug-likeness (QED) is 0.409. The van der Waals surface area contributed by atoms with Crippen LogP contribution in [0.25, 0.3) is 28.1 Å². The van der Waals surface area contributed by atoms with E-state index >= 15 is 0 Å². The molecule has 5 rings (SSSR count). The number of benzene rings is 3. The number of para-hydroxylation sites is 3. The van der Waals surface area contributed by atoms with Gasteiger partial charge in [-0.1, -0.05) is 30.3 Å². The van der Waals surface area contributed by atoms with Gasteiger partial charge in [0.1, 0.15) is 11.4 Å². The third-order valence-electron chi connectivity index (χ3n) is 4.82. The monoisotopic (exact) mass is 407 g/mol. The minimum Gasteiger partial charge on any atom is -0.508 e. The van der Waals surface area contributed by atoms with Crippen LogP contribution < -0.4 is 5.32 Å². The van der Waals surface area contributed by atoms with Gasteiger partial charge < -0.3 is 10.4 Å². The molecule has 2 heterocycles. The SMILES string of the molecule is O=Cc1cn(-c2nc3ccccc3nc2Nc2ccccc2)nc1-c1ccc(O)cc1. The minimum atomic E-state index is 0.144. The van der Waals surface area contributed by atoms with Crippen LogP contribution in [-0.4, -0.2) is 31.1 Å². The molecule has 2 aromatic heterocycles. The molecule has 0 bridgehead atoms. The summed E-state index contributed by atoms with van der Waals surface area (Å²) >= 11 is 0. The van der Waals surface area contributed by atoms with E-state index in [-0.39, 0.29) is 5.75 Å². The highest BCUT2D eigenvalue weighted by Crippen LogP contribution is 2.28. The number of aromatic nitrogens is 4. The molecule has 0 aliphatic rings. The predicted octanol–water partition coefficient (Wildman–Crippen LogP) is 4.74. The van der Waals surface area contributed by atoms with Crippen molar-refractivity contribution < 1.29 is 9.90 Å². The molecule has 0 aliphatic carbocycles. The summed E-state index contributed by atoms with van der Waals surface area (Å²) in [6, 6.07) is 23.8. The maximum absolute atomic E-state index is 11.7. The number of rotatable bonds is 5. The smallest absolute Gasteiger partial charge is 0.197 e. The van der Waals surface area contributed by atoms with Crippen LogP contribution in [0.3, 0.4) is 0 Å². The molecule has 0 saturated carbocycles. The van der Waals surface area contributed by atoms with Crippen molar-refractivity contribution >= 4 is 28.8 Å². The van der Waals surface area contributed by atoms with Gasteiger partial charge in [0.2, 0.25) is 0 Å². The van der Waals surface area contributed by atoms with Crippen molar-refractivity contribution in [2.45, 2.75) is 0 Å². The Balaban J connectivity index is 1.67. The Labute approximate surface area is 177 Å². The molecule has 31 heavy (non-hydrogen) atoms. The lowest BCUT2D eigenvalue weighted by Crippen LogP contribution is -2.06. The fourth-order valence-electron chi connectivity index (χ4n) is 3.32. The van der Waals surface area contributed by atoms with E-state index < -0.39 is 0 Å². The molecule has 0 unspecified atom stereocenters. The second-order valence-electron chi connectivity index (χ2n) is 6.92. The second kappa shape index (κ2) is 7.72. The molecule has 2 N–H and O–H groups in total. The first-order chi connectivity index (χ1) is 15.2. The summed E-state index contributed by atoms with van der Waals surface area (Å²) in [6.45, 7) is 0. The van der Waals surface area contributed by atoms with Crippen LogP contribution in [0, 0.1) is 0 Å². The van der Waals surface area contributed by atoms with Gasteiger partial charge in [-0.05, 0) is 48.5 Å². The average Bonchev–Trinajstić information content (AvgIpc) is 3.24. The Kier molecular flexibility index (Phi) is 4.61. The van der Waals surface area contributed by atoms with E-state index in [2.05, 4.69) is 10.4 Å². The summed E-state index contributed by atoms with van der Waals surface area (Å²) < 4.78 is 1.55. The van der Waals surface area contributed by atoms with Gasteiger partial charge in [-0.3, -0.25) is 4.79 Å². The molecule has 3 aromatic carbocycles. The van der Waals surface area contributed by atoms with Crippen LogP contribution in [0.2, 0.25) is 0 Å². The fourth-order valence-corrected chi connectivity index (χ4v) is 3.32. The highest BCUT2D eigenvalue weighted by atomic mass is 16.3. The maximum Gasteiger partial charge on any atom is 0.197 e. The number of phenolic OH excluding ortho intramolecular Hbond substituents is 1. The largest absolute Gasteiger partial charge is 0.508 e. The molecule has 0 aliphatic heterocycles.